The third kappa shape index (κ3) is 2.69. The van der Waals surface area contributed by atoms with Crippen molar-refractivity contribution in [2.75, 3.05) is 7.11 Å². The number of hydrogen-bond acceptors (Lipinski definition) is 2. The molecule has 0 radical (unpaired) electrons. The molecule has 0 spiro atoms. The molecular formula is C13H18ClNO. The highest BCUT2D eigenvalue weighted by Gasteiger charge is 2.15. The van der Waals surface area contributed by atoms with Gasteiger partial charge in [-0.3, -0.25) is 0 Å². The van der Waals surface area contributed by atoms with Gasteiger partial charge in [-0.2, -0.15) is 0 Å². The summed E-state index contributed by atoms with van der Waals surface area (Å²) in [5.41, 5.74) is 1.14. The van der Waals surface area contributed by atoms with Crippen LogP contribution in [0.1, 0.15) is 31.2 Å². The van der Waals surface area contributed by atoms with E-state index in [4.69, 9.17) is 16.3 Å². The van der Waals surface area contributed by atoms with Crippen molar-refractivity contribution < 1.29 is 4.74 Å². The molecule has 1 aromatic carbocycles. The van der Waals surface area contributed by atoms with E-state index in [0.29, 0.717) is 11.1 Å². The number of methoxy groups -OCH3 is 1. The van der Waals surface area contributed by atoms with Crippen LogP contribution in [0.2, 0.25) is 5.02 Å². The Balaban J connectivity index is 2.00. The maximum atomic E-state index is 6.07. The number of ether oxygens (including phenoxy) is 1. The van der Waals surface area contributed by atoms with E-state index in [1.54, 1.807) is 7.11 Å². The Kier molecular flexibility index (Phi) is 4.08. The van der Waals surface area contributed by atoms with E-state index in [0.717, 1.165) is 17.9 Å². The van der Waals surface area contributed by atoms with Crippen molar-refractivity contribution in [1.82, 2.24) is 5.32 Å². The van der Waals surface area contributed by atoms with Crippen LogP contribution in [-0.2, 0) is 6.54 Å². The lowest BCUT2D eigenvalue weighted by Gasteiger charge is -2.14. The van der Waals surface area contributed by atoms with Crippen LogP contribution >= 0.6 is 11.6 Å². The van der Waals surface area contributed by atoms with E-state index in [1.165, 1.54) is 25.7 Å². The quantitative estimate of drug-likeness (QED) is 0.870. The Hall–Kier alpha value is -0.730. The number of para-hydroxylation sites is 1. The van der Waals surface area contributed by atoms with Crippen LogP contribution < -0.4 is 10.1 Å². The molecule has 0 aliphatic heterocycles. The van der Waals surface area contributed by atoms with Gasteiger partial charge in [0.15, 0.2) is 0 Å². The molecule has 0 heterocycles. The highest BCUT2D eigenvalue weighted by Crippen LogP contribution is 2.28. The first kappa shape index (κ1) is 11.7. The fourth-order valence-electron chi connectivity index (χ4n) is 2.31. The van der Waals surface area contributed by atoms with Gasteiger partial charge in [0.1, 0.15) is 5.75 Å². The van der Waals surface area contributed by atoms with Crippen molar-refractivity contribution in [2.24, 2.45) is 0 Å². The molecule has 1 aliphatic carbocycles. The summed E-state index contributed by atoms with van der Waals surface area (Å²) >= 11 is 6.07. The number of benzene rings is 1. The summed E-state index contributed by atoms with van der Waals surface area (Å²) in [4.78, 5) is 0. The van der Waals surface area contributed by atoms with Crippen LogP contribution in [0.3, 0.4) is 0 Å². The Labute approximate surface area is 102 Å². The van der Waals surface area contributed by atoms with Crippen molar-refractivity contribution in [2.45, 2.75) is 38.3 Å². The topological polar surface area (TPSA) is 21.3 Å². The molecule has 0 bridgehead atoms. The van der Waals surface area contributed by atoms with Gasteiger partial charge < -0.3 is 10.1 Å². The van der Waals surface area contributed by atoms with Gasteiger partial charge in [0, 0.05) is 18.2 Å². The summed E-state index contributed by atoms with van der Waals surface area (Å²) in [6.07, 6.45) is 5.29. The zero-order valence-electron chi connectivity index (χ0n) is 9.63. The molecule has 1 N–H and O–H groups in total. The highest BCUT2D eigenvalue weighted by atomic mass is 35.5. The van der Waals surface area contributed by atoms with E-state index >= 15 is 0 Å². The molecule has 0 saturated heterocycles. The fourth-order valence-corrected chi connectivity index (χ4v) is 2.58. The zero-order chi connectivity index (χ0) is 11.4. The maximum absolute atomic E-state index is 6.07. The van der Waals surface area contributed by atoms with Gasteiger partial charge in [0.05, 0.1) is 12.1 Å². The van der Waals surface area contributed by atoms with Crippen molar-refractivity contribution >= 4 is 11.6 Å². The summed E-state index contributed by atoms with van der Waals surface area (Å²) in [6.45, 7) is 0.842. The molecule has 1 aliphatic rings. The number of nitrogens with one attached hydrogen (secondary N) is 1. The van der Waals surface area contributed by atoms with E-state index in [1.807, 2.05) is 12.1 Å². The first-order valence-electron chi connectivity index (χ1n) is 5.86. The predicted octanol–water partition coefficient (Wildman–Crippen LogP) is 3.38. The molecule has 1 aromatic rings. The minimum atomic E-state index is 0.670. The standard InChI is InChI=1S/C13H18ClNO/c1-16-13-10(5-4-8-12(13)14)9-15-11-6-2-3-7-11/h4-5,8,11,15H,2-3,6-7,9H2,1H3. The molecule has 1 saturated carbocycles. The third-order valence-electron chi connectivity index (χ3n) is 3.19. The Morgan fingerprint density at radius 3 is 2.81 bits per heavy atom. The first-order valence-corrected chi connectivity index (χ1v) is 6.24. The van der Waals surface area contributed by atoms with Crippen molar-refractivity contribution in [3.8, 4) is 5.75 Å². The van der Waals surface area contributed by atoms with Crippen LogP contribution in [0, 0.1) is 0 Å². The van der Waals surface area contributed by atoms with Gasteiger partial charge in [0.2, 0.25) is 0 Å². The second-order valence-corrected chi connectivity index (χ2v) is 4.70. The third-order valence-corrected chi connectivity index (χ3v) is 3.49. The molecule has 16 heavy (non-hydrogen) atoms. The number of rotatable bonds is 4. The molecule has 1 fully saturated rings. The minimum absolute atomic E-state index is 0.670. The summed E-state index contributed by atoms with van der Waals surface area (Å²) in [5, 5.41) is 4.25. The summed E-state index contributed by atoms with van der Waals surface area (Å²) in [6, 6.07) is 6.56. The lowest BCUT2D eigenvalue weighted by Crippen LogP contribution is -2.25. The predicted molar refractivity (Wildman–Crippen MR) is 67.1 cm³/mol. The van der Waals surface area contributed by atoms with Gasteiger partial charge in [-0.05, 0) is 18.9 Å². The minimum Gasteiger partial charge on any atom is -0.495 e. The lowest BCUT2D eigenvalue weighted by molar-refractivity contribution is 0.405. The van der Waals surface area contributed by atoms with E-state index in [-0.39, 0.29) is 0 Å². The normalized spacial score (nSPS) is 16.6. The summed E-state index contributed by atoms with van der Waals surface area (Å²) in [7, 11) is 1.67. The molecule has 3 heteroatoms. The lowest BCUT2D eigenvalue weighted by atomic mass is 10.1. The SMILES string of the molecule is COc1c(Cl)cccc1CNC1CCCC1. The summed E-state index contributed by atoms with van der Waals surface area (Å²) in [5.74, 6) is 0.801. The van der Waals surface area contributed by atoms with Crippen LogP contribution in [0.4, 0.5) is 0 Å². The average Bonchev–Trinajstić information content (AvgIpc) is 2.79. The largest absolute Gasteiger partial charge is 0.495 e. The Bertz CT molecular complexity index is 348. The van der Waals surface area contributed by atoms with Gasteiger partial charge in [-0.1, -0.05) is 36.6 Å². The smallest absolute Gasteiger partial charge is 0.141 e. The maximum Gasteiger partial charge on any atom is 0.141 e. The molecule has 0 amide bonds. The van der Waals surface area contributed by atoms with E-state index in [2.05, 4.69) is 11.4 Å². The molecule has 0 atom stereocenters. The second-order valence-electron chi connectivity index (χ2n) is 4.29. The van der Waals surface area contributed by atoms with Gasteiger partial charge in [-0.25, -0.2) is 0 Å². The fraction of sp³-hybridized carbons (Fsp3) is 0.538. The van der Waals surface area contributed by atoms with E-state index < -0.39 is 0 Å². The van der Waals surface area contributed by atoms with Gasteiger partial charge in [-0.15, -0.1) is 0 Å². The Morgan fingerprint density at radius 1 is 1.38 bits per heavy atom. The molecule has 0 aromatic heterocycles. The Morgan fingerprint density at radius 2 is 2.12 bits per heavy atom. The van der Waals surface area contributed by atoms with Crippen LogP contribution in [0.5, 0.6) is 5.75 Å². The number of hydrogen-bond donors (Lipinski definition) is 1. The van der Waals surface area contributed by atoms with E-state index in [9.17, 15) is 0 Å². The first-order chi connectivity index (χ1) is 7.81. The van der Waals surface area contributed by atoms with Gasteiger partial charge in [0.25, 0.3) is 0 Å². The molecular weight excluding hydrogens is 222 g/mol. The monoisotopic (exact) mass is 239 g/mol. The molecule has 0 unspecified atom stereocenters. The zero-order valence-corrected chi connectivity index (χ0v) is 10.4. The van der Waals surface area contributed by atoms with Crippen LogP contribution in [0.25, 0.3) is 0 Å². The van der Waals surface area contributed by atoms with Crippen molar-refractivity contribution in [3.05, 3.63) is 28.8 Å². The average molecular weight is 240 g/mol. The summed E-state index contributed by atoms with van der Waals surface area (Å²) < 4.78 is 5.32. The molecule has 2 nitrogen and oxygen atoms in total. The van der Waals surface area contributed by atoms with Crippen LogP contribution in [0.15, 0.2) is 18.2 Å². The molecule has 88 valence electrons. The molecule has 2 rings (SSSR count). The van der Waals surface area contributed by atoms with Crippen LogP contribution in [-0.4, -0.2) is 13.2 Å². The number of halogens is 1. The van der Waals surface area contributed by atoms with Gasteiger partial charge >= 0.3 is 0 Å². The highest BCUT2D eigenvalue weighted by molar-refractivity contribution is 6.32. The van der Waals surface area contributed by atoms with Crippen molar-refractivity contribution in [1.29, 1.82) is 0 Å². The second kappa shape index (κ2) is 5.55. The van der Waals surface area contributed by atoms with Crippen molar-refractivity contribution in [3.63, 3.8) is 0 Å².